The normalized spacial score (nSPS) is 11.9. The van der Waals surface area contributed by atoms with Gasteiger partial charge in [0.05, 0.1) is 12.5 Å². The first kappa shape index (κ1) is 13.7. The van der Waals surface area contributed by atoms with E-state index in [-0.39, 0.29) is 6.42 Å². The maximum absolute atomic E-state index is 11.6. The molecule has 0 saturated heterocycles. The van der Waals surface area contributed by atoms with Crippen LogP contribution < -0.4 is 16.8 Å². The number of hydrogen-bond acceptors (Lipinski definition) is 3. The second-order valence-corrected chi connectivity index (χ2v) is 4.58. The zero-order chi connectivity index (χ0) is 13.0. The molecule has 1 aromatic rings. The van der Waals surface area contributed by atoms with E-state index in [9.17, 15) is 9.59 Å². The molecule has 0 radical (unpaired) electrons. The first-order valence-corrected chi connectivity index (χ1v) is 5.80. The van der Waals surface area contributed by atoms with Crippen molar-refractivity contribution in [2.75, 3.05) is 5.32 Å². The van der Waals surface area contributed by atoms with Crippen LogP contribution in [0.25, 0.3) is 0 Å². The fourth-order valence-corrected chi connectivity index (χ4v) is 1.59. The van der Waals surface area contributed by atoms with Gasteiger partial charge in [0.1, 0.15) is 0 Å². The fraction of sp³-hybridized carbons (Fsp3) is 0.273. The van der Waals surface area contributed by atoms with Gasteiger partial charge in [0.2, 0.25) is 11.8 Å². The summed E-state index contributed by atoms with van der Waals surface area (Å²) in [6, 6.07) is 4.46. The summed E-state index contributed by atoms with van der Waals surface area (Å²) in [4.78, 5) is 22.2. The number of anilines is 1. The van der Waals surface area contributed by atoms with Crippen LogP contribution in [0.4, 0.5) is 5.69 Å². The van der Waals surface area contributed by atoms with Gasteiger partial charge < -0.3 is 16.8 Å². The van der Waals surface area contributed by atoms with E-state index in [2.05, 4.69) is 21.2 Å². The molecule has 6 heteroatoms. The van der Waals surface area contributed by atoms with Crippen molar-refractivity contribution >= 4 is 33.4 Å². The number of nitrogens with one attached hydrogen (secondary N) is 1. The number of carbonyl (C=O) groups is 2. The van der Waals surface area contributed by atoms with Crippen molar-refractivity contribution in [3.8, 4) is 0 Å². The van der Waals surface area contributed by atoms with Gasteiger partial charge in [0.15, 0.2) is 0 Å². The Morgan fingerprint density at radius 3 is 2.65 bits per heavy atom. The third-order valence-corrected chi connectivity index (χ3v) is 3.05. The lowest BCUT2D eigenvalue weighted by atomic mass is 10.2. The van der Waals surface area contributed by atoms with Crippen molar-refractivity contribution in [3.05, 3.63) is 28.2 Å². The molecule has 0 heterocycles. The number of rotatable bonds is 4. The number of halogens is 1. The molecule has 0 spiro atoms. The number of carbonyl (C=O) groups excluding carboxylic acids is 2. The molecule has 0 aliphatic heterocycles. The average Bonchev–Trinajstić information content (AvgIpc) is 2.22. The molecule has 1 unspecified atom stereocenters. The third-order valence-electron chi connectivity index (χ3n) is 2.20. The van der Waals surface area contributed by atoms with E-state index in [0.29, 0.717) is 5.69 Å². The molecule has 0 bridgehead atoms. The molecule has 2 amide bonds. The van der Waals surface area contributed by atoms with Gasteiger partial charge in [-0.25, -0.2) is 0 Å². The molecule has 0 fully saturated rings. The van der Waals surface area contributed by atoms with Gasteiger partial charge in [-0.2, -0.15) is 0 Å². The quantitative estimate of drug-likeness (QED) is 0.770. The Kier molecular flexibility index (Phi) is 4.65. The molecule has 5 nitrogen and oxygen atoms in total. The van der Waals surface area contributed by atoms with Crippen LogP contribution in [0.3, 0.4) is 0 Å². The minimum Gasteiger partial charge on any atom is -0.370 e. The van der Waals surface area contributed by atoms with Crippen molar-refractivity contribution in [3.63, 3.8) is 0 Å². The molecule has 1 aromatic carbocycles. The minimum atomic E-state index is -0.924. The number of aryl methyl sites for hydroxylation is 1. The van der Waals surface area contributed by atoms with Crippen molar-refractivity contribution in [2.45, 2.75) is 19.4 Å². The highest BCUT2D eigenvalue weighted by molar-refractivity contribution is 9.10. The third kappa shape index (κ3) is 4.16. The summed E-state index contributed by atoms with van der Waals surface area (Å²) in [6.07, 6.45) is -0.168. The highest BCUT2D eigenvalue weighted by Crippen LogP contribution is 2.20. The molecule has 0 aliphatic carbocycles. The molecular formula is C11H14BrN3O2. The Labute approximate surface area is 108 Å². The lowest BCUT2D eigenvalue weighted by Gasteiger charge is -2.11. The van der Waals surface area contributed by atoms with Gasteiger partial charge in [-0.1, -0.05) is 22.0 Å². The SMILES string of the molecule is Cc1ccc(NC(=O)C(N)CC(N)=O)cc1Br. The van der Waals surface area contributed by atoms with E-state index >= 15 is 0 Å². The van der Waals surface area contributed by atoms with Gasteiger partial charge >= 0.3 is 0 Å². The zero-order valence-electron chi connectivity index (χ0n) is 9.37. The van der Waals surface area contributed by atoms with Crippen LogP contribution in [0.2, 0.25) is 0 Å². The van der Waals surface area contributed by atoms with Gasteiger partial charge in [0, 0.05) is 10.2 Å². The number of amides is 2. The predicted molar refractivity (Wildman–Crippen MR) is 69.3 cm³/mol. The summed E-state index contributed by atoms with van der Waals surface area (Å²) in [5.41, 5.74) is 12.1. The molecule has 1 atom stereocenters. The van der Waals surface area contributed by atoms with Crippen molar-refractivity contribution in [2.24, 2.45) is 11.5 Å². The van der Waals surface area contributed by atoms with Crippen molar-refractivity contribution in [1.82, 2.24) is 0 Å². The predicted octanol–water partition coefficient (Wildman–Crippen LogP) is 0.899. The van der Waals surface area contributed by atoms with E-state index < -0.39 is 17.9 Å². The van der Waals surface area contributed by atoms with E-state index in [1.807, 2.05) is 13.0 Å². The van der Waals surface area contributed by atoms with Gasteiger partial charge in [-0.05, 0) is 24.6 Å². The Hall–Kier alpha value is -1.40. The standard InChI is InChI=1S/C11H14BrN3O2/c1-6-2-3-7(4-8(6)12)15-11(17)9(13)5-10(14)16/h2-4,9H,5,13H2,1H3,(H2,14,16)(H,15,17). The Bertz CT molecular complexity index is 448. The smallest absolute Gasteiger partial charge is 0.241 e. The van der Waals surface area contributed by atoms with Gasteiger partial charge in [-0.3, -0.25) is 9.59 Å². The molecule has 17 heavy (non-hydrogen) atoms. The van der Waals surface area contributed by atoms with Gasteiger partial charge in [0.25, 0.3) is 0 Å². The number of nitrogens with two attached hydrogens (primary N) is 2. The van der Waals surface area contributed by atoms with Crippen LogP contribution in [0.15, 0.2) is 22.7 Å². The summed E-state index contributed by atoms with van der Waals surface area (Å²) >= 11 is 3.36. The Balaban J connectivity index is 2.67. The average molecular weight is 300 g/mol. The van der Waals surface area contributed by atoms with Gasteiger partial charge in [-0.15, -0.1) is 0 Å². The van der Waals surface area contributed by atoms with Crippen LogP contribution >= 0.6 is 15.9 Å². The van der Waals surface area contributed by atoms with Crippen LogP contribution in [-0.2, 0) is 9.59 Å². The summed E-state index contributed by atoms with van der Waals surface area (Å²) < 4.78 is 0.888. The highest BCUT2D eigenvalue weighted by Gasteiger charge is 2.16. The van der Waals surface area contributed by atoms with Crippen LogP contribution in [0, 0.1) is 6.92 Å². The Morgan fingerprint density at radius 2 is 2.12 bits per heavy atom. The largest absolute Gasteiger partial charge is 0.370 e. The second-order valence-electron chi connectivity index (χ2n) is 3.73. The molecule has 0 aliphatic rings. The zero-order valence-corrected chi connectivity index (χ0v) is 11.0. The molecule has 0 aromatic heterocycles. The van der Waals surface area contributed by atoms with Crippen LogP contribution in [-0.4, -0.2) is 17.9 Å². The molecule has 0 saturated carbocycles. The minimum absolute atomic E-state index is 0.168. The number of hydrogen-bond donors (Lipinski definition) is 3. The molecule has 1 rings (SSSR count). The monoisotopic (exact) mass is 299 g/mol. The molecule has 92 valence electrons. The maximum atomic E-state index is 11.6. The number of benzene rings is 1. The summed E-state index contributed by atoms with van der Waals surface area (Å²) in [7, 11) is 0. The summed E-state index contributed by atoms with van der Waals surface area (Å²) in [5.74, 6) is -1.03. The van der Waals surface area contributed by atoms with E-state index in [4.69, 9.17) is 11.5 Å². The fourth-order valence-electron chi connectivity index (χ4n) is 1.22. The van der Waals surface area contributed by atoms with Crippen molar-refractivity contribution in [1.29, 1.82) is 0 Å². The Morgan fingerprint density at radius 1 is 1.47 bits per heavy atom. The topological polar surface area (TPSA) is 98.2 Å². The lowest BCUT2D eigenvalue weighted by molar-refractivity contribution is -0.123. The first-order chi connectivity index (χ1) is 7.90. The second kappa shape index (κ2) is 5.79. The molecule has 5 N–H and O–H groups in total. The maximum Gasteiger partial charge on any atom is 0.241 e. The molecular weight excluding hydrogens is 286 g/mol. The summed E-state index contributed by atoms with van der Waals surface area (Å²) in [5, 5.41) is 2.61. The number of primary amides is 1. The van der Waals surface area contributed by atoms with E-state index in [1.165, 1.54) is 0 Å². The highest BCUT2D eigenvalue weighted by atomic mass is 79.9. The van der Waals surface area contributed by atoms with Crippen molar-refractivity contribution < 1.29 is 9.59 Å². The van der Waals surface area contributed by atoms with E-state index in [0.717, 1.165) is 10.0 Å². The van der Waals surface area contributed by atoms with Crippen LogP contribution in [0.1, 0.15) is 12.0 Å². The lowest BCUT2D eigenvalue weighted by Crippen LogP contribution is -2.38. The first-order valence-electron chi connectivity index (χ1n) is 5.01. The summed E-state index contributed by atoms with van der Waals surface area (Å²) in [6.45, 7) is 1.94. The van der Waals surface area contributed by atoms with E-state index in [1.54, 1.807) is 12.1 Å². The van der Waals surface area contributed by atoms with Crippen LogP contribution in [0.5, 0.6) is 0 Å².